The standard InChI is InChI=1S/C19H23NO3/c1-21-17-6-4-13(5-7-17)8-16-9-14-10-18(22-2)19(23-3)11-15(14)12-20-16/h4-7,10-11,16,20H,8-9,12H2,1-3H3. The van der Waals surface area contributed by atoms with Gasteiger partial charge in [-0.15, -0.1) is 0 Å². The van der Waals surface area contributed by atoms with Gasteiger partial charge >= 0.3 is 0 Å². The average Bonchev–Trinajstić information content (AvgIpc) is 2.61. The highest BCUT2D eigenvalue weighted by atomic mass is 16.5. The summed E-state index contributed by atoms with van der Waals surface area (Å²) in [6, 6.07) is 12.9. The van der Waals surface area contributed by atoms with Crippen LogP contribution in [0.15, 0.2) is 36.4 Å². The Kier molecular flexibility index (Phi) is 4.72. The van der Waals surface area contributed by atoms with E-state index in [9.17, 15) is 0 Å². The SMILES string of the molecule is COc1ccc(CC2Cc3cc(OC)c(OC)cc3CN2)cc1. The van der Waals surface area contributed by atoms with Crippen LogP contribution in [0.4, 0.5) is 0 Å². The molecule has 0 saturated carbocycles. The van der Waals surface area contributed by atoms with Gasteiger partial charge in [0.05, 0.1) is 21.3 Å². The Bertz CT molecular complexity index is 667. The van der Waals surface area contributed by atoms with Crippen LogP contribution < -0.4 is 19.5 Å². The lowest BCUT2D eigenvalue weighted by atomic mass is 9.91. The molecule has 122 valence electrons. The summed E-state index contributed by atoms with van der Waals surface area (Å²) in [6.45, 7) is 0.858. The first kappa shape index (κ1) is 15.7. The van der Waals surface area contributed by atoms with Crippen molar-refractivity contribution in [2.45, 2.75) is 25.4 Å². The minimum atomic E-state index is 0.425. The molecule has 0 fully saturated rings. The monoisotopic (exact) mass is 313 g/mol. The van der Waals surface area contributed by atoms with Gasteiger partial charge in [0.25, 0.3) is 0 Å². The molecule has 1 heterocycles. The molecular weight excluding hydrogens is 290 g/mol. The van der Waals surface area contributed by atoms with Gasteiger partial charge in [0.1, 0.15) is 5.75 Å². The van der Waals surface area contributed by atoms with E-state index in [0.717, 1.165) is 36.6 Å². The van der Waals surface area contributed by atoms with Crippen molar-refractivity contribution in [1.82, 2.24) is 5.32 Å². The zero-order valence-electron chi connectivity index (χ0n) is 13.9. The van der Waals surface area contributed by atoms with Crippen molar-refractivity contribution in [3.63, 3.8) is 0 Å². The molecule has 1 aliphatic heterocycles. The number of rotatable bonds is 5. The van der Waals surface area contributed by atoms with Crippen LogP contribution in [0.25, 0.3) is 0 Å². The number of methoxy groups -OCH3 is 3. The lowest BCUT2D eigenvalue weighted by Crippen LogP contribution is -2.37. The normalized spacial score (nSPS) is 16.6. The Morgan fingerprint density at radius 1 is 0.913 bits per heavy atom. The molecule has 0 saturated heterocycles. The summed E-state index contributed by atoms with van der Waals surface area (Å²) in [5.41, 5.74) is 3.93. The third kappa shape index (κ3) is 3.42. The first-order valence-corrected chi connectivity index (χ1v) is 7.83. The number of hydrogen-bond donors (Lipinski definition) is 1. The van der Waals surface area contributed by atoms with Crippen molar-refractivity contribution >= 4 is 0 Å². The third-order valence-electron chi connectivity index (χ3n) is 4.39. The predicted octanol–water partition coefficient (Wildman–Crippen LogP) is 2.97. The van der Waals surface area contributed by atoms with E-state index in [1.165, 1.54) is 16.7 Å². The van der Waals surface area contributed by atoms with Crippen LogP contribution in [0.3, 0.4) is 0 Å². The van der Waals surface area contributed by atoms with Crippen LogP contribution in [-0.4, -0.2) is 27.4 Å². The van der Waals surface area contributed by atoms with E-state index in [1.54, 1.807) is 21.3 Å². The van der Waals surface area contributed by atoms with Crippen LogP contribution >= 0.6 is 0 Å². The van der Waals surface area contributed by atoms with E-state index in [4.69, 9.17) is 14.2 Å². The summed E-state index contributed by atoms with van der Waals surface area (Å²) in [5, 5.41) is 3.61. The second-order valence-electron chi connectivity index (χ2n) is 5.81. The average molecular weight is 313 g/mol. The molecule has 1 N–H and O–H groups in total. The summed E-state index contributed by atoms with van der Waals surface area (Å²) in [5.74, 6) is 2.49. The lowest BCUT2D eigenvalue weighted by molar-refractivity contribution is 0.352. The number of hydrogen-bond acceptors (Lipinski definition) is 4. The van der Waals surface area contributed by atoms with E-state index < -0.39 is 0 Å². The lowest BCUT2D eigenvalue weighted by Gasteiger charge is -2.27. The van der Waals surface area contributed by atoms with Gasteiger partial charge < -0.3 is 19.5 Å². The van der Waals surface area contributed by atoms with Crippen molar-refractivity contribution in [2.24, 2.45) is 0 Å². The zero-order valence-corrected chi connectivity index (χ0v) is 13.9. The van der Waals surface area contributed by atoms with Crippen molar-refractivity contribution < 1.29 is 14.2 Å². The van der Waals surface area contributed by atoms with Crippen LogP contribution in [0.2, 0.25) is 0 Å². The summed E-state index contributed by atoms with van der Waals surface area (Å²) >= 11 is 0. The first-order valence-electron chi connectivity index (χ1n) is 7.83. The molecule has 4 nitrogen and oxygen atoms in total. The molecule has 0 bridgehead atoms. The van der Waals surface area contributed by atoms with Gasteiger partial charge in [-0.05, 0) is 53.8 Å². The Morgan fingerprint density at radius 3 is 2.17 bits per heavy atom. The van der Waals surface area contributed by atoms with Crippen molar-refractivity contribution in [3.8, 4) is 17.2 Å². The first-order chi connectivity index (χ1) is 11.2. The molecule has 1 atom stereocenters. The maximum atomic E-state index is 5.42. The highest BCUT2D eigenvalue weighted by Gasteiger charge is 2.21. The molecule has 2 aromatic rings. The van der Waals surface area contributed by atoms with E-state index in [2.05, 4.69) is 29.6 Å². The van der Waals surface area contributed by atoms with Crippen molar-refractivity contribution in [2.75, 3.05) is 21.3 Å². The van der Waals surface area contributed by atoms with Crippen molar-refractivity contribution in [1.29, 1.82) is 0 Å². The Morgan fingerprint density at radius 2 is 1.57 bits per heavy atom. The zero-order chi connectivity index (χ0) is 16.2. The Balaban J connectivity index is 1.74. The van der Waals surface area contributed by atoms with Gasteiger partial charge in [-0.3, -0.25) is 0 Å². The molecule has 0 aliphatic carbocycles. The van der Waals surface area contributed by atoms with E-state index >= 15 is 0 Å². The van der Waals surface area contributed by atoms with Gasteiger partial charge in [0.2, 0.25) is 0 Å². The van der Waals surface area contributed by atoms with Gasteiger partial charge in [0.15, 0.2) is 11.5 Å². The van der Waals surface area contributed by atoms with Gasteiger partial charge in [-0.2, -0.15) is 0 Å². The highest BCUT2D eigenvalue weighted by molar-refractivity contribution is 5.48. The molecule has 0 aromatic heterocycles. The van der Waals surface area contributed by atoms with Crippen LogP contribution in [0.1, 0.15) is 16.7 Å². The number of ether oxygens (including phenoxy) is 3. The van der Waals surface area contributed by atoms with Crippen LogP contribution in [-0.2, 0) is 19.4 Å². The number of fused-ring (bicyclic) bond motifs is 1. The minimum absolute atomic E-state index is 0.425. The fraction of sp³-hybridized carbons (Fsp3) is 0.368. The summed E-state index contributed by atoms with van der Waals surface area (Å²) in [6.07, 6.45) is 1.99. The fourth-order valence-corrected chi connectivity index (χ4v) is 3.10. The maximum Gasteiger partial charge on any atom is 0.161 e. The van der Waals surface area contributed by atoms with E-state index in [-0.39, 0.29) is 0 Å². The molecule has 1 unspecified atom stereocenters. The van der Waals surface area contributed by atoms with Crippen LogP contribution in [0, 0.1) is 0 Å². The van der Waals surface area contributed by atoms with E-state index in [1.807, 2.05) is 12.1 Å². The van der Waals surface area contributed by atoms with Gasteiger partial charge in [-0.1, -0.05) is 12.1 Å². The van der Waals surface area contributed by atoms with Crippen LogP contribution in [0.5, 0.6) is 17.2 Å². The maximum absolute atomic E-state index is 5.42. The summed E-state index contributed by atoms with van der Waals surface area (Å²) in [4.78, 5) is 0. The summed E-state index contributed by atoms with van der Waals surface area (Å²) in [7, 11) is 5.05. The largest absolute Gasteiger partial charge is 0.497 e. The number of benzene rings is 2. The number of nitrogens with one attached hydrogen (secondary N) is 1. The summed E-state index contributed by atoms with van der Waals surface area (Å²) < 4.78 is 16.0. The molecular formula is C19H23NO3. The second-order valence-corrected chi connectivity index (χ2v) is 5.81. The predicted molar refractivity (Wildman–Crippen MR) is 90.6 cm³/mol. The molecule has 0 spiro atoms. The molecule has 3 rings (SSSR count). The van der Waals surface area contributed by atoms with Crippen molar-refractivity contribution in [3.05, 3.63) is 53.1 Å². The highest BCUT2D eigenvalue weighted by Crippen LogP contribution is 2.33. The molecule has 2 aromatic carbocycles. The molecule has 0 amide bonds. The smallest absolute Gasteiger partial charge is 0.161 e. The Hall–Kier alpha value is -2.20. The van der Waals surface area contributed by atoms with Gasteiger partial charge in [-0.25, -0.2) is 0 Å². The van der Waals surface area contributed by atoms with Gasteiger partial charge in [0, 0.05) is 12.6 Å². The Labute approximate surface area is 137 Å². The quantitative estimate of drug-likeness (QED) is 0.921. The fourth-order valence-electron chi connectivity index (χ4n) is 3.10. The molecule has 0 radical (unpaired) electrons. The molecule has 23 heavy (non-hydrogen) atoms. The third-order valence-corrected chi connectivity index (χ3v) is 4.39. The van der Waals surface area contributed by atoms with E-state index in [0.29, 0.717) is 6.04 Å². The molecule has 1 aliphatic rings. The molecule has 4 heteroatoms. The second kappa shape index (κ2) is 6.92. The minimum Gasteiger partial charge on any atom is -0.497 e. The topological polar surface area (TPSA) is 39.7 Å².